The molecule has 3 nitrogen and oxygen atoms in total. The molecule has 1 fully saturated rings. The van der Waals surface area contributed by atoms with Crippen LogP contribution in [0.15, 0.2) is 60.7 Å². The van der Waals surface area contributed by atoms with Crippen molar-refractivity contribution in [3.8, 4) is 11.5 Å². The maximum absolute atomic E-state index is 14.5. The predicted molar refractivity (Wildman–Crippen MR) is 141 cm³/mol. The minimum Gasteiger partial charge on any atom is -0.489 e. The lowest BCUT2D eigenvalue weighted by atomic mass is 9.88. The topological polar surface area (TPSA) is 21.7 Å². The molecular weight excluding hydrogens is 499 g/mol. The number of rotatable bonds is 8. The molecule has 1 atom stereocenters. The number of ether oxygens (including phenoxy) is 1. The first-order chi connectivity index (χ1) is 18.1. The van der Waals surface area contributed by atoms with Crippen LogP contribution in [0.2, 0.25) is 5.02 Å². The Hall–Kier alpha value is -2.96. The third-order valence-corrected chi connectivity index (χ3v) is 7.47. The van der Waals surface area contributed by atoms with Crippen molar-refractivity contribution < 1.29 is 23.0 Å². The van der Waals surface area contributed by atoms with Crippen molar-refractivity contribution in [1.82, 2.24) is 4.90 Å². The number of nitrogens with zero attached hydrogens (tertiary/aromatic N) is 1. The van der Waals surface area contributed by atoms with E-state index in [0.29, 0.717) is 6.42 Å². The van der Waals surface area contributed by atoms with Gasteiger partial charge >= 0.3 is 0 Å². The van der Waals surface area contributed by atoms with E-state index in [1.165, 1.54) is 6.07 Å². The molecule has 0 N–H and O–H groups in total. The highest BCUT2D eigenvalue weighted by Gasteiger charge is 2.24. The fourth-order valence-electron chi connectivity index (χ4n) is 5.39. The van der Waals surface area contributed by atoms with Gasteiger partial charge in [0.2, 0.25) is 0 Å². The lowest BCUT2D eigenvalue weighted by molar-refractivity contribution is -0.00629. The van der Waals surface area contributed by atoms with Crippen LogP contribution >= 0.6 is 11.6 Å². The van der Waals surface area contributed by atoms with Crippen molar-refractivity contribution in [2.45, 2.75) is 38.2 Å². The Balaban J connectivity index is 1.49. The highest BCUT2D eigenvalue weighted by Crippen LogP contribution is 2.41. The van der Waals surface area contributed by atoms with E-state index in [1.807, 2.05) is 36.4 Å². The Kier molecular flexibility index (Phi) is 8.06. The SMILES string of the molecule is FCCCN1CC[C@H](Oc2ccc(C3=C(c4ccc(Cl)c(F)c4)CCCc4cc(OF)ccc43)cc2)C1. The zero-order valence-corrected chi connectivity index (χ0v) is 21.2. The highest BCUT2D eigenvalue weighted by molar-refractivity contribution is 6.30. The van der Waals surface area contributed by atoms with Crippen LogP contribution in [0.3, 0.4) is 0 Å². The van der Waals surface area contributed by atoms with Gasteiger partial charge in [0.1, 0.15) is 17.7 Å². The number of hydrogen-bond acceptors (Lipinski definition) is 3. The Morgan fingerprint density at radius 1 is 0.946 bits per heavy atom. The smallest absolute Gasteiger partial charge is 0.172 e. The first-order valence-corrected chi connectivity index (χ1v) is 13.1. The van der Waals surface area contributed by atoms with Gasteiger partial charge in [-0.1, -0.05) is 35.9 Å². The summed E-state index contributed by atoms with van der Waals surface area (Å²) in [6, 6.07) is 18.0. The molecule has 5 rings (SSSR count). The highest BCUT2D eigenvalue weighted by atomic mass is 35.5. The van der Waals surface area contributed by atoms with Crippen molar-refractivity contribution >= 4 is 22.7 Å². The summed E-state index contributed by atoms with van der Waals surface area (Å²) >= 11 is 5.97. The molecule has 7 heteroatoms. The molecule has 0 saturated carbocycles. The summed E-state index contributed by atoms with van der Waals surface area (Å²) in [5.74, 6) is 0.480. The largest absolute Gasteiger partial charge is 0.489 e. The van der Waals surface area contributed by atoms with E-state index in [0.717, 1.165) is 84.5 Å². The zero-order chi connectivity index (χ0) is 25.8. The molecule has 3 aromatic carbocycles. The van der Waals surface area contributed by atoms with E-state index in [9.17, 15) is 13.3 Å². The molecule has 0 amide bonds. The lowest BCUT2D eigenvalue weighted by Crippen LogP contribution is -2.26. The summed E-state index contributed by atoms with van der Waals surface area (Å²) in [6.45, 7) is 2.17. The molecule has 1 aliphatic heterocycles. The van der Waals surface area contributed by atoms with Crippen LogP contribution in [0.1, 0.15) is 47.9 Å². The van der Waals surface area contributed by atoms with E-state index < -0.39 is 5.82 Å². The number of aryl methyl sites for hydroxylation is 1. The molecule has 1 saturated heterocycles. The van der Waals surface area contributed by atoms with Crippen LogP contribution in [0, 0.1) is 5.82 Å². The Morgan fingerprint density at radius 2 is 1.73 bits per heavy atom. The number of benzene rings is 3. The third-order valence-electron chi connectivity index (χ3n) is 7.16. The summed E-state index contributed by atoms with van der Waals surface area (Å²) in [5, 5.41) is 0.0846. The number of alkyl halides is 1. The summed E-state index contributed by atoms with van der Waals surface area (Å²) in [7, 11) is 0. The van der Waals surface area contributed by atoms with Crippen LogP contribution in [0.5, 0.6) is 11.5 Å². The lowest BCUT2D eigenvalue weighted by Gasteiger charge is -2.19. The molecule has 1 heterocycles. The van der Waals surface area contributed by atoms with Gasteiger partial charge in [-0.3, -0.25) is 14.2 Å². The van der Waals surface area contributed by atoms with Gasteiger partial charge in [0.25, 0.3) is 0 Å². The van der Waals surface area contributed by atoms with Crippen molar-refractivity contribution in [2.75, 3.05) is 26.3 Å². The van der Waals surface area contributed by atoms with Gasteiger partial charge < -0.3 is 4.74 Å². The monoisotopic (exact) mass is 527 g/mol. The van der Waals surface area contributed by atoms with Gasteiger partial charge in [0, 0.05) is 24.2 Å². The van der Waals surface area contributed by atoms with Gasteiger partial charge in [-0.25, -0.2) is 4.39 Å². The van der Waals surface area contributed by atoms with Crippen LogP contribution in [0.4, 0.5) is 13.3 Å². The average Bonchev–Trinajstić information content (AvgIpc) is 3.27. The molecule has 0 unspecified atom stereocenters. The van der Waals surface area contributed by atoms with E-state index in [-0.39, 0.29) is 23.6 Å². The van der Waals surface area contributed by atoms with Crippen molar-refractivity contribution in [1.29, 1.82) is 0 Å². The minimum absolute atomic E-state index is 0.0787. The summed E-state index contributed by atoms with van der Waals surface area (Å²) in [6.07, 6.45) is 3.85. The van der Waals surface area contributed by atoms with Crippen LogP contribution < -0.4 is 9.68 Å². The standard InChI is InChI=1S/C30H29ClF3NO2/c31-28-12-7-22(18-29(28)33)26-4-1-3-21-17-24(37-34)10-11-27(21)30(26)20-5-8-23(9-6-20)36-25-13-16-35(19-25)15-2-14-32/h5-12,17-18,25H,1-4,13-16,19H2/t25-/m0/s1. The number of fused-ring (bicyclic) bond motifs is 1. The molecule has 2 aliphatic rings. The van der Waals surface area contributed by atoms with Crippen molar-refractivity contribution in [3.63, 3.8) is 0 Å². The van der Waals surface area contributed by atoms with Crippen molar-refractivity contribution in [3.05, 3.63) is 93.8 Å². The third kappa shape index (κ3) is 5.81. The summed E-state index contributed by atoms with van der Waals surface area (Å²) in [4.78, 5) is 6.23. The molecule has 37 heavy (non-hydrogen) atoms. The second kappa shape index (κ2) is 11.6. The zero-order valence-electron chi connectivity index (χ0n) is 20.5. The van der Waals surface area contributed by atoms with Gasteiger partial charge in [-0.05, 0) is 102 Å². The normalized spacial score (nSPS) is 18.0. The quantitative estimate of drug-likeness (QED) is 0.298. The van der Waals surface area contributed by atoms with Gasteiger partial charge in [0.05, 0.1) is 11.7 Å². The maximum atomic E-state index is 14.5. The number of likely N-dealkylation sites (tertiary alicyclic amines) is 1. The van der Waals surface area contributed by atoms with E-state index in [2.05, 4.69) is 9.84 Å². The summed E-state index contributed by atoms with van der Waals surface area (Å²) < 4.78 is 46.1. The van der Waals surface area contributed by atoms with E-state index >= 15 is 0 Å². The van der Waals surface area contributed by atoms with Gasteiger partial charge in [0.15, 0.2) is 5.75 Å². The van der Waals surface area contributed by atoms with Gasteiger partial charge in [-0.15, -0.1) is 0 Å². The molecule has 0 radical (unpaired) electrons. The van der Waals surface area contributed by atoms with E-state index in [1.54, 1.807) is 18.2 Å². The van der Waals surface area contributed by atoms with Crippen LogP contribution in [-0.4, -0.2) is 37.3 Å². The second-order valence-corrected chi connectivity index (χ2v) is 10.0. The second-order valence-electron chi connectivity index (χ2n) is 9.63. The van der Waals surface area contributed by atoms with Gasteiger partial charge in [-0.2, -0.15) is 0 Å². The number of halogens is 4. The fourth-order valence-corrected chi connectivity index (χ4v) is 5.50. The number of hydrogen-bond donors (Lipinski definition) is 0. The van der Waals surface area contributed by atoms with Crippen LogP contribution in [0.25, 0.3) is 11.1 Å². The first kappa shape index (κ1) is 25.7. The Bertz CT molecular complexity index is 1280. The Labute approximate surface area is 220 Å². The van der Waals surface area contributed by atoms with E-state index in [4.69, 9.17) is 16.3 Å². The Morgan fingerprint density at radius 3 is 2.49 bits per heavy atom. The minimum atomic E-state index is -0.461. The fraction of sp³-hybridized carbons (Fsp3) is 0.333. The molecule has 3 aromatic rings. The number of allylic oxidation sites excluding steroid dienone is 1. The molecular formula is C30H29ClF3NO2. The molecule has 0 aromatic heterocycles. The molecule has 194 valence electrons. The maximum Gasteiger partial charge on any atom is 0.172 e. The first-order valence-electron chi connectivity index (χ1n) is 12.7. The van der Waals surface area contributed by atoms with Crippen molar-refractivity contribution in [2.24, 2.45) is 0 Å². The molecule has 0 bridgehead atoms. The average molecular weight is 528 g/mol. The predicted octanol–water partition coefficient (Wildman–Crippen LogP) is 7.85. The van der Waals surface area contributed by atoms with Crippen LogP contribution in [-0.2, 0) is 6.42 Å². The molecule has 0 spiro atoms. The summed E-state index contributed by atoms with van der Waals surface area (Å²) in [5.41, 5.74) is 5.67. The molecule has 1 aliphatic carbocycles.